The lowest BCUT2D eigenvalue weighted by molar-refractivity contribution is -0.889. The van der Waals surface area contributed by atoms with Crippen molar-refractivity contribution in [3.8, 4) is 0 Å². The van der Waals surface area contributed by atoms with E-state index in [-0.39, 0.29) is 42.7 Å². The summed E-state index contributed by atoms with van der Waals surface area (Å²) < 4.78 is 17.2. The minimum atomic E-state index is -1.12. The molecule has 2 atom stereocenters. The minimum Gasteiger partial charge on any atom is -0.544 e. The molecule has 0 aromatic rings. The fraction of sp³-hybridized carbons (Fsp3) is 0.938. The molecule has 0 N–H and O–H groups in total. The quantitative estimate of drug-likeness (QED) is 0.0344. The molecule has 2 unspecified atom stereocenters. The average Bonchev–Trinajstić information content (AvgIpc) is 3.15. The van der Waals surface area contributed by atoms with Crippen LogP contribution in [0.25, 0.3) is 0 Å². The van der Waals surface area contributed by atoms with Gasteiger partial charge in [0.2, 0.25) is 0 Å². The molecule has 56 heavy (non-hydrogen) atoms. The Labute approximate surface area is 346 Å². The number of carbonyl (C=O) groups is 3. The number of quaternary nitrogens is 1. The van der Waals surface area contributed by atoms with Gasteiger partial charge in [0.15, 0.2) is 6.10 Å². The zero-order valence-corrected chi connectivity index (χ0v) is 37.8. The van der Waals surface area contributed by atoms with Crippen molar-refractivity contribution in [1.29, 1.82) is 0 Å². The second-order valence-corrected chi connectivity index (χ2v) is 17.7. The maximum atomic E-state index is 12.7. The number of aliphatic carboxylic acids is 1. The van der Waals surface area contributed by atoms with Gasteiger partial charge in [-0.2, -0.15) is 0 Å². The Morgan fingerprint density at radius 1 is 0.464 bits per heavy atom. The Bertz CT molecular complexity index is 889. The third-order valence-corrected chi connectivity index (χ3v) is 11.2. The van der Waals surface area contributed by atoms with Crippen molar-refractivity contribution in [1.82, 2.24) is 0 Å². The first-order valence-electron chi connectivity index (χ1n) is 24.1. The van der Waals surface area contributed by atoms with Crippen molar-refractivity contribution in [3.63, 3.8) is 0 Å². The molecule has 0 fully saturated rings. The van der Waals surface area contributed by atoms with Gasteiger partial charge >= 0.3 is 11.9 Å². The largest absolute Gasteiger partial charge is 0.544 e. The van der Waals surface area contributed by atoms with Crippen LogP contribution in [0.4, 0.5) is 0 Å². The summed E-state index contributed by atoms with van der Waals surface area (Å²) in [5.74, 6) is -1.72. The first-order chi connectivity index (χ1) is 27.1. The topological polar surface area (TPSA) is 102 Å². The summed E-state index contributed by atoms with van der Waals surface area (Å²) in [6.07, 6.45) is 41.4. The van der Waals surface area contributed by atoms with E-state index in [4.69, 9.17) is 14.2 Å². The molecule has 0 aliphatic carbocycles. The molecule has 0 aliphatic rings. The molecule has 0 aliphatic heterocycles. The number of rotatable bonds is 44. The van der Waals surface area contributed by atoms with Crippen LogP contribution in [0.3, 0.4) is 0 Å². The smallest absolute Gasteiger partial charge is 0.306 e. The Morgan fingerprint density at radius 2 is 0.786 bits per heavy atom. The minimum absolute atomic E-state index is 0.0490. The van der Waals surface area contributed by atoms with Crippen LogP contribution in [0, 0.1) is 0 Å². The fourth-order valence-corrected chi connectivity index (χ4v) is 7.49. The molecule has 0 radical (unpaired) electrons. The Balaban J connectivity index is 4.10. The molecule has 0 aromatic carbocycles. The lowest BCUT2D eigenvalue weighted by atomic mass is 10.0. The fourth-order valence-electron chi connectivity index (χ4n) is 7.49. The van der Waals surface area contributed by atoms with Crippen LogP contribution in [-0.4, -0.2) is 75.5 Å². The maximum absolute atomic E-state index is 12.7. The summed E-state index contributed by atoms with van der Waals surface area (Å²) in [5, 5.41) is 11.6. The molecule has 8 heteroatoms. The van der Waals surface area contributed by atoms with Crippen LogP contribution in [-0.2, 0) is 28.6 Å². The van der Waals surface area contributed by atoms with E-state index in [0.29, 0.717) is 12.8 Å². The summed E-state index contributed by atoms with van der Waals surface area (Å²) in [4.78, 5) is 36.8. The average molecular weight is 796 g/mol. The summed E-state index contributed by atoms with van der Waals surface area (Å²) in [5.41, 5.74) is 0. The molecule has 0 heterocycles. The maximum Gasteiger partial charge on any atom is 0.306 e. The summed E-state index contributed by atoms with van der Waals surface area (Å²) in [7, 11) is 5.42. The molecule has 0 saturated heterocycles. The van der Waals surface area contributed by atoms with Gasteiger partial charge in [0, 0.05) is 19.3 Å². The summed E-state index contributed by atoms with van der Waals surface area (Å²) >= 11 is 0. The first-order valence-corrected chi connectivity index (χ1v) is 24.1. The van der Waals surface area contributed by atoms with E-state index < -0.39 is 18.1 Å². The van der Waals surface area contributed by atoms with E-state index >= 15 is 0 Å². The number of hydrogen-bond acceptors (Lipinski definition) is 7. The highest BCUT2D eigenvalue weighted by Crippen LogP contribution is 2.17. The van der Waals surface area contributed by atoms with Crippen molar-refractivity contribution in [3.05, 3.63) is 0 Å². The molecule has 0 amide bonds. The normalized spacial score (nSPS) is 12.8. The molecule has 0 spiro atoms. The third kappa shape index (κ3) is 37.9. The van der Waals surface area contributed by atoms with E-state index in [1.807, 2.05) is 0 Å². The van der Waals surface area contributed by atoms with Gasteiger partial charge in [-0.25, -0.2) is 0 Å². The molecule has 0 aromatic heterocycles. The van der Waals surface area contributed by atoms with Crippen LogP contribution in [0.15, 0.2) is 0 Å². The predicted octanol–water partition coefficient (Wildman–Crippen LogP) is 12.0. The van der Waals surface area contributed by atoms with Gasteiger partial charge in [0.25, 0.3) is 0 Å². The van der Waals surface area contributed by atoms with Gasteiger partial charge in [-0.05, 0) is 12.8 Å². The zero-order chi connectivity index (χ0) is 41.4. The highest BCUT2D eigenvalue weighted by Gasteiger charge is 2.25. The molecule has 0 rings (SSSR count). The summed E-state index contributed by atoms with van der Waals surface area (Å²) in [6.45, 7) is 4.68. The standard InChI is InChI=1S/C48H93NO7/c1-6-8-10-12-14-16-17-18-19-20-21-22-23-24-25-26-27-28-29-31-33-35-37-39-47(51)56-44(42-54-41-40-45(48(52)53)49(3,4)5)43-55-46(50)38-36-34-32-30-15-13-11-9-7-2/h44-45H,6-43H2,1-5H3. The van der Waals surface area contributed by atoms with Crippen LogP contribution in [0.1, 0.15) is 239 Å². The van der Waals surface area contributed by atoms with Gasteiger partial charge in [-0.3, -0.25) is 9.59 Å². The molecule has 0 bridgehead atoms. The number of carboxylic acid groups (broad SMARTS) is 1. The Kier molecular flexibility index (Phi) is 38.9. The Hall–Kier alpha value is -1.67. The van der Waals surface area contributed by atoms with E-state index in [1.165, 1.54) is 167 Å². The number of hydrogen-bond donors (Lipinski definition) is 0. The number of likely N-dealkylation sites (N-methyl/N-ethyl adjacent to an activating group) is 1. The Morgan fingerprint density at radius 3 is 1.11 bits per heavy atom. The van der Waals surface area contributed by atoms with E-state index in [9.17, 15) is 19.5 Å². The van der Waals surface area contributed by atoms with Crippen LogP contribution >= 0.6 is 0 Å². The molecule has 0 saturated carbocycles. The lowest BCUT2D eigenvalue weighted by Gasteiger charge is -2.34. The zero-order valence-electron chi connectivity index (χ0n) is 37.8. The van der Waals surface area contributed by atoms with Gasteiger partial charge in [0.1, 0.15) is 12.6 Å². The van der Waals surface area contributed by atoms with Gasteiger partial charge in [-0.15, -0.1) is 0 Å². The number of carboxylic acids is 1. The molecular weight excluding hydrogens is 703 g/mol. The number of ether oxygens (including phenoxy) is 3. The van der Waals surface area contributed by atoms with Crippen molar-refractivity contribution in [2.45, 2.75) is 251 Å². The summed E-state index contributed by atoms with van der Waals surface area (Å²) in [6, 6.07) is -0.719. The number of nitrogens with zero attached hydrogens (tertiary/aromatic N) is 1. The van der Waals surface area contributed by atoms with E-state index in [1.54, 1.807) is 21.1 Å². The van der Waals surface area contributed by atoms with Gasteiger partial charge < -0.3 is 28.6 Å². The number of unbranched alkanes of at least 4 members (excludes halogenated alkanes) is 30. The van der Waals surface area contributed by atoms with Crippen LogP contribution < -0.4 is 5.11 Å². The van der Waals surface area contributed by atoms with Gasteiger partial charge in [0.05, 0.1) is 40.3 Å². The lowest BCUT2D eigenvalue weighted by Crippen LogP contribution is -2.55. The number of carbonyl (C=O) groups excluding carboxylic acids is 3. The second kappa shape index (κ2) is 40.1. The van der Waals surface area contributed by atoms with Crippen molar-refractivity contribution in [2.24, 2.45) is 0 Å². The van der Waals surface area contributed by atoms with Crippen LogP contribution in [0.2, 0.25) is 0 Å². The SMILES string of the molecule is CCCCCCCCCCCCCCCCCCCCCCCCCC(=O)OC(COCCC(C(=O)[O-])[N+](C)(C)C)COC(=O)CCCCCCCCCCC. The van der Waals surface area contributed by atoms with Crippen LogP contribution in [0.5, 0.6) is 0 Å². The highest BCUT2D eigenvalue weighted by molar-refractivity contribution is 5.70. The highest BCUT2D eigenvalue weighted by atomic mass is 16.6. The van der Waals surface area contributed by atoms with Crippen molar-refractivity contribution < 1.29 is 38.2 Å². The molecular formula is C48H93NO7. The second-order valence-electron chi connectivity index (χ2n) is 17.7. The first kappa shape index (κ1) is 54.3. The van der Waals surface area contributed by atoms with Crippen molar-refractivity contribution >= 4 is 17.9 Å². The monoisotopic (exact) mass is 796 g/mol. The van der Waals surface area contributed by atoms with E-state index in [2.05, 4.69) is 13.8 Å². The van der Waals surface area contributed by atoms with Gasteiger partial charge in [-0.1, -0.05) is 206 Å². The third-order valence-electron chi connectivity index (χ3n) is 11.2. The van der Waals surface area contributed by atoms with E-state index in [0.717, 1.165) is 38.5 Å². The molecule has 332 valence electrons. The number of esters is 2. The van der Waals surface area contributed by atoms with Crippen molar-refractivity contribution in [2.75, 3.05) is 41.0 Å². The predicted molar refractivity (Wildman–Crippen MR) is 231 cm³/mol. The molecule has 8 nitrogen and oxygen atoms in total.